The number of hydrogen-bond donors (Lipinski definition) is 0. The van der Waals surface area contributed by atoms with Gasteiger partial charge in [0.15, 0.2) is 5.76 Å². The lowest BCUT2D eigenvalue weighted by Gasteiger charge is -2.04. The van der Waals surface area contributed by atoms with Gasteiger partial charge in [-0.15, -0.1) is 0 Å². The number of fused-ring (bicyclic) bond motifs is 1. The van der Waals surface area contributed by atoms with Crippen LogP contribution in [-0.2, 0) is 6.54 Å². The maximum Gasteiger partial charge on any atom is 0.154 e. The van der Waals surface area contributed by atoms with E-state index in [1.807, 2.05) is 42.7 Å². The van der Waals surface area contributed by atoms with Gasteiger partial charge in [0.2, 0.25) is 0 Å². The second-order valence-electron chi connectivity index (χ2n) is 4.86. The summed E-state index contributed by atoms with van der Waals surface area (Å²) >= 11 is 0. The van der Waals surface area contributed by atoms with Gasteiger partial charge in [0, 0.05) is 12.7 Å². The maximum absolute atomic E-state index is 5.44. The number of aromatic nitrogens is 3. The Labute approximate surface area is 121 Å². The fourth-order valence-electron chi connectivity index (χ4n) is 2.49. The predicted octanol–water partition coefficient (Wildman–Crippen LogP) is 3.74. The van der Waals surface area contributed by atoms with Gasteiger partial charge in [0.05, 0.1) is 18.1 Å². The van der Waals surface area contributed by atoms with E-state index in [0.717, 1.165) is 29.0 Å². The van der Waals surface area contributed by atoms with Gasteiger partial charge in [-0.3, -0.25) is 4.98 Å². The standard InChI is InChI=1S/C17H13N3O/c1-2-5-13(6-3-1)11-20-12-19-16-14(20)8-9-18-17(16)15-7-4-10-21-15/h1-10,12H,11H2. The topological polar surface area (TPSA) is 43.9 Å². The number of imidazole rings is 1. The second kappa shape index (κ2) is 4.90. The molecule has 102 valence electrons. The zero-order valence-electron chi connectivity index (χ0n) is 11.3. The van der Waals surface area contributed by atoms with Crippen molar-refractivity contribution < 1.29 is 4.42 Å². The smallest absolute Gasteiger partial charge is 0.154 e. The Hall–Kier alpha value is -2.88. The van der Waals surface area contributed by atoms with E-state index in [4.69, 9.17) is 4.42 Å². The maximum atomic E-state index is 5.44. The minimum atomic E-state index is 0.741. The van der Waals surface area contributed by atoms with Crippen LogP contribution in [0.1, 0.15) is 5.56 Å². The van der Waals surface area contributed by atoms with Crippen LogP contribution in [0.2, 0.25) is 0 Å². The summed E-state index contributed by atoms with van der Waals surface area (Å²) in [7, 11) is 0. The lowest BCUT2D eigenvalue weighted by atomic mass is 10.2. The summed E-state index contributed by atoms with van der Waals surface area (Å²) in [6.07, 6.45) is 5.30. The van der Waals surface area contributed by atoms with Crippen LogP contribution >= 0.6 is 0 Å². The fourth-order valence-corrected chi connectivity index (χ4v) is 2.49. The molecule has 0 atom stereocenters. The van der Waals surface area contributed by atoms with Crippen molar-refractivity contribution in [2.75, 3.05) is 0 Å². The number of hydrogen-bond acceptors (Lipinski definition) is 3. The first-order chi connectivity index (χ1) is 10.4. The Morgan fingerprint density at radius 1 is 0.952 bits per heavy atom. The molecule has 0 bridgehead atoms. The Balaban J connectivity index is 1.81. The van der Waals surface area contributed by atoms with E-state index in [1.54, 1.807) is 12.5 Å². The molecule has 0 unspecified atom stereocenters. The Morgan fingerprint density at radius 2 is 1.86 bits per heavy atom. The lowest BCUT2D eigenvalue weighted by Crippen LogP contribution is -1.97. The number of rotatable bonds is 3. The highest BCUT2D eigenvalue weighted by atomic mass is 16.3. The first-order valence-corrected chi connectivity index (χ1v) is 6.79. The molecule has 3 aromatic heterocycles. The zero-order valence-corrected chi connectivity index (χ0v) is 11.3. The van der Waals surface area contributed by atoms with Crippen LogP contribution in [0, 0.1) is 0 Å². The predicted molar refractivity (Wildman–Crippen MR) is 80.8 cm³/mol. The molecule has 21 heavy (non-hydrogen) atoms. The molecule has 4 rings (SSSR count). The van der Waals surface area contributed by atoms with Crippen molar-refractivity contribution in [2.24, 2.45) is 0 Å². The molecule has 0 radical (unpaired) electrons. The quantitative estimate of drug-likeness (QED) is 0.572. The SMILES string of the molecule is c1ccc(Cn2cnc3c(-c4ccco4)nccc32)cc1. The Kier molecular flexibility index (Phi) is 2.78. The van der Waals surface area contributed by atoms with Gasteiger partial charge in [-0.2, -0.15) is 0 Å². The van der Waals surface area contributed by atoms with Gasteiger partial charge in [0.25, 0.3) is 0 Å². The van der Waals surface area contributed by atoms with Crippen molar-refractivity contribution in [3.63, 3.8) is 0 Å². The Morgan fingerprint density at radius 3 is 2.67 bits per heavy atom. The molecule has 3 heterocycles. The average Bonchev–Trinajstić information content (AvgIpc) is 3.18. The fraction of sp³-hybridized carbons (Fsp3) is 0.0588. The van der Waals surface area contributed by atoms with Crippen LogP contribution in [0.15, 0.2) is 71.7 Å². The van der Waals surface area contributed by atoms with Crippen molar-refractivity contribution in [2.45, 2.75) is 6.54 Å². The van der Waals surface area contributed by atoms with Crippen molar-refractivity contribution in [3.05, 3.63) is 72.9 Å². The molecule has 0 aliphatic rings. The molecule has 0 saturated carbocycles. The molecular weight excluding hydrogens is 262 g/mol. The lowest BCUT2D eigenvalue weighted by molar-refractivity contribution is 0.580. The minimum Gasteiger partial charge on any atom is -0.463 e. The van der Waals surface area contributed by atoms with Crippen molar-refractivity contribution in [1.82, 2.24) is 14.5 Å². The highest BCUT2D eigenvalue weighted by molar-refractivity contribution is 5.87. The summed E-state index contributed by atoms with van der Waals surface area (Å²) in [6, 6.07) is 16.1. The van der Waals surface area contributed by atoms with E-state index >= 15 is 0 Å². The molecule has 4 nitrogen and oxygen atoms in total. The summed E-state index contributed by atoms with van der Waals surface area (Å²) in [4.78, 5) is 8.91. The Bertz CT molecular complexity index is 864. The highest BCUT2D eigenvalue weighted by Gasteiger charge is 2.12. The molecule has 1 aromatic carbocycles. The van der Waals surface area contributed by atoms with Gasteiger partial charge in [-0.05, 0) is 23.8 Å². The highest BCUT2D eigenvalue weighted by Crippen LogP contribution is 2.25. The molecule has 0 amide bonds. The summed E-state index contributed by atoms with van der Waals surface area (Å²) in [6.45, 7) is 0.791. The first-order valence-electron chi connectivity index (χ1n) is 6.79. The zero-order chi connectivity index (χ0) is 14.1. The number of furan rings is 1. The molecule has 0 saturated heterocycles. The second-order valence-corrected chi connectivity index (χ2v) is 4.86. The van der Waals surface area contributed by atoms with Crippen LogP contribution in [-0.4, -0.2) is 14.5 Å². The van der Waals surface area contributed by atoms with E-state index in [2.05, 4.69) is 26.7 Å². The molecule has 0 N–H and O–H groups in total. The van der Waals surface area contributed by atoms with Crippen LogP contribution in [0.25, 0.3) is 22.5 Å². The minimum absolute atomic E-state index is 0.741. The largest absolute Gasteiger partial charge is 0.463 e. The normalized spacial score (nSPS) is 11.0. The van der Waals surface area contributed by atoms with E-state index in [1.165, 1.54) is 5.56 Å². The van der Waals surface area contributed by atoms with Crippen LogP contribution in [0.4, 0.5) is 0 Å². The van der Waals surface area contributed by atoms with Gasteiger partial charge >= 0.3 is 0 Å². The van der Waals surface area contributed by atoms with Crippen LogP contribution in [0.5, 0.6) is 0 Å². The number of benzene rings is 1. The molecule has 4 heteroatoms. The average molecular weight is 275 g/mol. The van der Waals surface area contributed by atoms with E-state index < -0.39 is 0 Å². The first kappa shape index (κ1) is 11.9. The van der Waals surface area contributed by atoms with Crippen molar-refractivity contribution in [3.8, 4) is 11.5 Å². The third-order valence-electron chi connectivity index (χ3n) is 3.49. The van der Waals surface area contributed by atoms with E-state index in [9.17, 15) is 0 Å². The van der Waals surface area contributed by atoms with Crippen molar-refractivity contribution in [1.29, 1.82) is 0 Å². The van der Waals surface area contributed by atoms with E-state index in [-0.39, 0.29) is 0 Å². The van der Waals surface area contributed by atoms with Crippen LogP contribution in [0.3, 0.4) is 0 Å². The summed E-state index contributed by atoms with van der Waals surface area (Å²) in [5.74, 6) is 0.741. The molecule has 0 aliphatic carbocycles. The van der Waals surface area contributed by atoms with Gasteiger partial charge in [-0.1, -0.05) is 30.3 Å². The summed E-state index contributed by atoms with van der Waals surface area (Å²) < 4.78 is 7.57. The number of nitrogens with zero attached hydrogens (tertiary/aromatic N) is 3. The monoisotopic (exact) mass is 275 g/mol. The third-order valence-corrected chi connectivity index (χ3v) is 3.49. The van der Waals surface area contributed by atoms with Gasteiger partial charge < -0.3 is 8.98 Å². The van der Waals surface area contributed by atoms with Gasteiger partial charge in [0.1, 0.15) is 11.2 Å². The molecule has 4 aromatic rings. The number of pyridine rings is 1. The molecule has 0 aliphatic heterocycles. The molecule has 0 fully saturated rings. The van der Waals surface area contributed by atoms with Gasteiger partial charge in [-0.25, -0.2) is 4.98 Å². The van der Waals surface area contributed by atoms with E-state index in [0.29, 0.717) is 0 Å². The summed E-state index contributed by atoms with van der Waals surface area (Å²) in [5, 5.41) is 0. The summed E-state index contributed by atoms with van der Waals surface area (Å²) in [5.41, 5.74) is 3.95. The third kappa shape index (κ3) is 2.10. The molecule has 0 spiro atoms. The van der Waals surface area contributed by atoms with Crippen molar-refractivity contribution >= 4 is 11.0 Å². The molecular formula is C17H13N3O. The van der Waals surface area contributed by atoms with Crippen LogP contribution < -0.4 is 0 Å².